The number of carbonyl (C=O) groups excluding carboxylic acids is 3. The van der Waals surface area contributed by atoms with E-state index in [1.807, 2.05) is 0 Å². The minimum absolute atomic E-state index is 0.0622. The topological polar surface area (TPSA) is 78.9 Å². The van der Waals surface area contributed by atoms with Gasteiger partial charge >= 0.3 is 17.9 Å². The maximum Gasteiger partial charge on any atom is 0.306 e. The van der Waals surface area contributed by atoms with Crippen molar-refractivity contribution >= 4 is 17.9 Å². The van der Waals surface area contributed by atoms with Gasteiger partial charge in [0.05, 0.1) is 0 Å². The van der Waals surface area contributed by atoms with Crippen LogP contribution in [0.3, 0.4) is 0 Å². The summed E-state index contributed by atoms with van der Waals surface area (Å²) in [6, 6.07) is 0. The molecule has 0 heterocycles. The van der Waals surface area contributed by atoms with E-state index in [4.69, 9.17) is 14.2 Å². The molecule has 1 atom stereocenters. The lowest BCUT2D eigenvalue weighted by molar-refractivity contribution is -0.167. The Hall–Kier alpha value is -1.59. The standard InChI is InChI=1S/C56H108O6/c1-5-7-9-11-13-15-17-19-20-21-22-24-28-33-37-41-45-49-56(59)62-53(50-60-54(57)47-43-39-35-31-27-23-18-16-14-12-10-8-6-2)51-61-55(58)48-44-40-36-32-29-25-26-30-34-38-42-46-52(3)4/h52-53H,5-51H2,1-4H3/t53-/m1/s1. The summed E-state index contributed by atoms with van der Waals surface area (Å²) >= 11 is 0. The lowest BCUT2D eigenvalue weighted by Gasteiger charge is -2.18. The predicted molar refractivity (Wildman–Crippen MR) is 266 cm³/mol. The number of ether oxygens (including phenoxy) is 3. The number of carbonyl (C=O) groups is 3. The van der Waals surface area contributed by atoms with E-state index in [0.29, 0.717) is 19.3 Å². The molecule has 0 aromatic heterocycles. The molecule has 0 aliphatic heterocycles. The van der Waals surface area contributed by atoms with E-state index in [0.717, 1.165) is 63.7 Å². The van der Waals surface area contributed by atoms with Crippen LogP contribution >= 0.6 is 0 Å². The van der Waals surface area contributed by atoms with Gasteiger partial charge in [-0.2, -0.15) is 0 Å². The highest BCUT2D eigenvalue weighted by atomic mass is 16.6. The Kier molecular flexibility index (Phi) is 49.1. The molecule has 368 valence electrons. The van der Waals surface area contributed by atoms with Gasteiger partial charge in [0.2, 0.25) is 0 Å². The van der Waals surface area contributed by atoms with E-state index in [2.05, 4.69) is 27.7 Å². The molecule has 0 saturated carbocycles. The molecule has 0 amide bonds. The second kappa shape index (κ2) is 50.4. The van der Waals surface area contributed by atoms with Crippen molar-refractivity contribution in [2.45, 2.75) is 323 Å². The molecule has 0 saturated heterocycles. The summed E-state index contributed by atoms with van der Waals surface area (Å²) in [5.74, 6) is -0.0116. The summed E-state index contributed by atoms with van der Waals surface area (Å²) < 4.78 is 16.9. The molecule has 0 aliphatic rings. The van der Waals surface area contributed by atoms with Crippen molar-refractivity contribution in [2.75, 3.05) is 13.2 Å². The lowest BCUT2D eigenvalue weighted by Crippen LogP contribution is -2.30. The molecule has 0 aromatic rings. The second-order valence-corrected chi connectivity index (χ2v) is 19.7. The van der Waals surface area contributed by atoms with Gasteiger partial charge in [-0.1, -0.05) is 278 Å². The molecule has 0 aromatic carbocycles. The maximum atomic E-state index is 12.8. The van der Waals surface area contributed by atoms with E-state index in [9.17, 15) is 14.4 Å². The van der Waals surface area contributed by atoms with Gasteiger partial charge in [0.25, 0.3) is 0 Å². The third-order valence-electron chi connectivity index (χ3n) is 12.8. The molecule has 0 spiro atoms. The predicted octanol–water partition coefficient (Wildman–Crippen LogP) is 18.2. The normalized spacial score (nSPS) is 12.0. The molecule has 6 nitrogen and oxygen atoms in total. The first-order valence-electron chi connectivity index (χ1n) is 27.9. The van der Waals surface area contributed by atoms with Gasteiger partial charge in [0.15, 0.2) is 6.10 Å². The molecule has 0 fully saturated rings. The molecule has 62 heavy (non-hydrogen) atoms. The molecule has 0 aliphatic carbocycles. The number of hydrogen-bond acceptors (Lipinski definition) is 6. The van der Waals surface area contributed by atoms with E-state index < -0.39 is 6.10 Å². The zero-order chi connectivity index (χ0) is 45.2. The molecular weight excluding hydrogens is 769 g/mol. The highest BCUT2D eigenvalue weighted by molar-refractivity contribution is 5.71. The van der Waals surface area contributed by atoms with Gasteiger partial charge in [0.1, 0.15) is 13.2 Å². The first-order chi connectivity index (χ1) is 30.4. The van der Waals surface area contributed by atoms with Crippen LogP contribution in [0, 0.1) is 5.92 Å². The Morgan fingerprint density at radius 2 is 0.532 bits per heavy atom. The Morgan fingerprint density at radius 1 is 0.306 bits per heavy atom. The van der Waals surface area contributed by atoms with Crippen LogP contribution in [0.25, 0.3) is 0 Å². The molecule has 6 heteroatoms. The molecule has 0 radical (unpaired) electrons. The van der Waals surface area contributed by atoms with Crippen molar-refractivity contribution in [3.8, 4) is 0 Å². The fraction of sp³-hybridized carbons (Fsp3) is 0.946. The smallest absolute Gasteiger partial charge is 0.306 e. The minimum Gasteiger partial charge on any atom is -0.462 e. The third-order valence-corrected chi connectivity index (χ3v) is 12.8. The highest BCUT2D eigenvalue weighted by Crippen LogP contribution is 2.18. The summed E-state index contributed by atoms with van der Waals surface area (Å²) in [7, 11) is 0. The summed E-state index contributed by atoms with van der Waals surface area (Å²) in [5, 5.41) is 0. The summed E-state index contributed by atoms with van der Waals surface area (Å²) in [4.78, 5) is 38.1. The monoisotopic (exact) mass is 877 g/mol. The van der Waals surface area contributed by atoms with Gasteiger partial charge in [-0.15, -0.1) is 0 Å². The fourth-order valence-corrected chi connectivity index (χ4v) is 8.57. The zero-order valence-corrected chi connectivity index (χ0v) is 42.3. The summed E-state index contributed by atoms with van der Waals surface area (Å²) in [6.07, 6.45) is 53.7. The van der Waals surface area contributed by atoms with Crippen LogP contribution in [0.2, 0.25) is 0 Å². The average molecular weight is 877 g/mol. The fourth-order valence-electron chi connectivity index (χ4n) is 8.57. The first kappa shape index (κ1) is 60.4. The third kappa shape index (κ3) is 49.4. The van der Waals surface area contributed by atoms with Gasteiger partial charge in [-0.3, -0.25) is 14.4 Å². The molecule has 0 N–H and O–H groups in total. The van der Waals surface area contributed by atoms with Crippen LogP contribution in [-0.2, 0) is 28.6 Å². The zero-order valence-electron chi connectivity index (χ0n) is 42.3. The van der Waals surface area contributed by atoms with E-state index in [1.54, 1.807) is 0 Å². The van der Waals surface area contributed by atoms with Crippen molar-refractivity contribution in [1.82, 2.24) is 0 Å². The van der Waals surface area contributed by atoms with E-state index in [1.165, 1.54) is 212 Å². The van der Waals surface area contributed by atoms with Gasteiger partial charge in [-0.05, 0) is 25.2 Å². The SMILES string of the molecule is CCCCCCCCCCCCCCCCCCCC(=O)O[C@H](COC(=O)CCCCCCCCCCCCCCC)COC(=O)CCCCCCCCCCCCCC(C)C. The minimum atomic E-state index is -0.761. The molecule has 0 rings (SSSR count). The van der Waals surface area contributed by atoms with Crippen LogP contribution in [0.15, 0.2) is 0 Å². The number of esters is 3. The Labute approximate surface area is 387 Å². The van der Waals surface area contributed by atoms with E-state index in [-0.39, 0.29) is 31.1 Å². The lowest BCUT2D eigenvalue weighted by atomic mass is 10.0. The number of rotatable bonds is 51. The number of hydrogen-bond donors (Lipinski definition) is 0. The Bertz CT molecular complexity index is 933. The van der Waals surface area contributed by atoms with Gasteiger partial charge < -0.3 is 14.2 Å². The van der Waals surface area contributed by atoms with Crippen LogP contribution in [-0.4, -0.2) is 37.2 Å². The molecule has 0 unspecified atom stereocenters. The summed E-state index contributed by atoms with van der Waals surface area (Å²) in [5.41, 5.74) is 0. The Morgan fingerprint density at radius 3 is 0.790 bits per heavy atom. The van der Waals surface area contributed by atoms with Crippen LogP contribution in [0.5, 0.6) is 0 Å². The van der Waals surface area contributed by atoms with Crippen molar-refractivity contribution < 1.29 is 28.6 Å². The highest BCUT2D eigenvalue weighted by Gasteiger charge is 2.19. The van der Waals surface area contributed by atoms with E-state index >= 15 is 0 Å². The quantitative estimate of drug-likeness (QED) is 0.0344. The molecular formula is C56H108O6. The van der Waals surface area contributed by atoms with Crippen LogP contribution < -0.4 is 0 Å². The van der Waals surface area contributed by atoms with Crippen molar-refractivity contribution in [1.29, 1.82) is 0 Å². The Balaban J connectivity index is 4.30. The van der Waals surface area contributed by atoms with Crippen LogP contribution in [0.1, 0.15) is 317 Å². The number of unbranched alkanes of at least 4 members (excludes halogenated alkanes) is 38. The van der Waals surface area contributed by atoms with Crippen molar-refractivity contribution in [3.63, 3.8) is 0 Å². The van der Waals surface area contributed by atoms with Gasteiger partial charge in [-0.25, -0.2) is 0 Å². The molecule has 0 bridgehead atoms. The van der Waals surface area contributed by atoms with Crippen LogP contribution in [0.4, 0.5) is 0 Å². The average Bonchev–Trinajstić information content (AvgIpc) is 3.26. The summed E-state index contributed by atoms with van der Waals surface area (Å²) in [6.45, 7) is 9.04. The van der Waals surface area contributed by atoms with Crippen molar-refractivity contribution in [2.24, 2.45) is 5.92 Å². The maximum absolute atomic E-state index is 12.8. The second-order valence-electron chi connectivity index (χ2n) is 19.7. The first-order valence-corrected chi connectivity index (χ1v) is 27.9. The van der Waals surface area contributed by atoms with Gasteiger partial charge in [0, 0.05) is 19.3 Å². The largest absolute Gasteiger partial charge is 0.462 e. The van der Waals surface area contributed by atoms with Crippen molar-refractivity contribution in [3.05, 3.63) is 0 Å².